The molecule has 0 amide bonds. The largest absolute Gasteiger partial charge is 0.494 e. The van der Waals surface area contributed by atoms with Crippen LogP contribution in [0.4, 0.5) is 0 Å². The number of aromatic nitrogens is 4. The Kier molecular flexibility index (Phi) is 7.09. The van der Waals surface area contributed by atoms with Crippen molar-refractivity contribution in [3.05, 3.63) is 63.9 Å². The van der Waals surface area contributed by atoms with E-state index < -0.39 is 11.9 Å². The first kappa shape index (κ1) is 25.5. The molecular formula is C27H26BrClN4O4. The van der Waals surface area contributed by atoms with Crippen molar-refractivity contribution in [3.63, 3.8) is 0 Å². The molecule has 1 atom stereocenters. The molecule has 0 spiro atoms. The van der Waals surface area contributed by atoms with Gasteiger partial charge in [0.15, 0.2) is 11.2 Å². The third-order valence-corrected chi connectivity index (χ3v) is 7.25. The molecular weight excluding hydrogens is 560 g/mol. The number of rotatable bonds is 10. The summed E-state index contributed by atoms with van der Waals surface area (Å²) in [6.45, 7) is 4.51. The van der Waals surface area contributed by atoms with E-state index in [0.29, 0.717) is 52.2 Å². The molecule has 8 nitrogen and oxygen atoms in total. The van der Waals surface area contributed by atoms with E-state index >= 15 is 0 Å². The van der Waals surface area contributed by atoms with Crippen LogP contribution in [-0.2, 0) is 11.3 Å². The highest BCUT2D eigenvalue weighted by molar-refractivity contribution is 9.10. The van der Waals surface area contributed by atoms with E-state index in [1.807, 2.05) is 34.9 Å². The van der Waals surface area contributed by atoms with Gasteiger partial charge in [-0.2, -0.15) is 4.98 Å². The van der Waals surface area contributed by atoms with Crippen LogP contribution in [0, 0.1) is 5.92 Å². The number of nitrogens with zero attached hydrogens (tertiary/aromatic N) is 4. The number of benzene rings is 2. The van der Waals surface area contributed by atoms with Crippen LogP contribution in [0.2, 0.25) is 5.02 Å². The topological polar surface area (TPSA) is 99.4 Å². The molecule has 5 rings (SSSR count). The molecule has 192 valence electrons. The van der Waals surface area contributed by atoms with Crippen molar-refractivity contribution in [3.8, 4) is 23.0 Å². The first-order valence-corrected chi connectivity index (χ1v) is 13.2. The fourth-order valence-electron chi connectivity index (χ4n) is 3.92. The van der Waals surface area contributed by atoms with Gasteiger partial charge < -0.3 is 19.1 Å². The van der Waals surface area contributed by atoms with Crippen LogP contribution in [0.25, 0.3) is 22.6 Å². The maximum atomic E-state index is 11.0. The molecule has 1 fully saturated rings. The van der Waals surface area contributed by atoms with Crippen LogP contribution >= 0.6 is 27.5 Å². The number of hydrogen-bond donors (Lipinski definition) is 1. The monoisotopic (exact) mass is 584 g/mol. The summed E-state index contributed by atoms with van der Waals surface area (Å²) in [5, 5.41) is 9.53. The summed E-state index contributed by atoms with van der Waals surface area (Å²) in [6.07, 6.45) is 3.85. The zero-order valence-corrected chi connectivity index (χ0v) is 22.8. The second-order valence-electron chi connectivity index (χ2n) is 9.57. The van der Waals surface area contributed by atoms with Gasteiger partial charge in [-0.15, -0.1) is 0 Å². The smallest absolute Gasteiger partial charge is 0.306 e. The highest BCUT2D eigenvalue weighted by atomic mass is 79.9. The Hall–Kier alpha value is -3.17. The van der Waals surface area contributed by atoms with Gasteiger partial charge in [-0.3, -0.25) is 4.79 Å². The molecule has 0 radical (unpaired) electrons. The van der Waals surface area contributed by atoms with Crippen LogP contribution in [0.5, 0.6) is 11.6 Å². The maximum Gasteiger partial charge on any atom is 0.306 e. The quantitative estimate of drug-likeness (QED) is 0.231. The van der Waals surface area contributed by atoms with Crippen molar-refractivity contribution >= 4 is 44.7 Å². The zero-order valence-electron chi connectivity index (χ0n) is 20.4. The molecule has 37 heavy (non-hydrogen) atoms. The first-order valence-electron chi connectivity index (χ1n) is 12.0. The van der Waals surface area contributed by atoms with E-state index in [1.54, 1.807) is 13.0 Å². The molecule has 1 aliphatic carbocycles. The first-order chi connectivity index (χ1) is 17.7. The number of carboxylic acids is 1. The Morgan fingerprint density at radius 3 is 2.76 bits per heavy atom. The number of halogens is 2. The lowest BCUT2D eigenvalue weighted by Crippen LogP contribution is -2.13. The molecule has 1 N–H and O–H groups in total. The molecule has 1 saturated carbocycles. The van der Waals surface area contributed by atoms with Gasteiger partial charge in [0, 0.05) is 10.0 Å². The second-order valence-corrected chi connectivity index (χ2v) is 10.9. The molecule has 0 unspecified atom stereocenters. The summed E-state index contributed by atoms with van der Waals surface area (Å²) < 4.78 is 14.9. The van der Waals surface area contributed by atoms with Gasteiger partial charge in [0.1, 0.15) is 23.5 Å². The number of imidazole rings is 1. The van der Waals surface area contributed by atoms with E-state index in [0.717, 1.165) is 22.9 Å². The van der Waals surface area contributed by atoms with Crippen molar-refractivity contribution in [1.29, 1.82) is 0 Å². The summed E-state index contributed by atoms with van der Waals surface area (Å²) in [6, 6.07) is 13.4. The lowest BCUT2D eigenvalue weighted by atomic mass is 10.1. The van der Waals surface area contributed by atoms with Crippen molar-refractivity contribution in [2.75, 3.05) is 6.61 Å². The van der Waals surface area contributed by atoms with E-state index in [9.17, 15) is 4.79 Å². The Balaban J connectivity index is 1.52. The fraction of sp³-hybridized carbons (Fsp3) is 0.333. The lowest BCUT2D eigenvalue weighted by Gasteiger charge is -2.13. The molecule has 0 aliphatic heterocycles. The van der Waals surface area contributed by atoms with Crippen molar-refractivity contribution in [1.82, 2.24) is 19.5 Å². The van der Waals surface area contributed by atoms with Crippen LogP contribution in [0.1, 0.15) is 38.7 Å². The van der Waals surface area contributed by atoms with Crippen LogP contribution in [-0.4, -0.2) is 42.8 Å². The van der Waals surface area contributed by atoms with Crippen LogP contribution < -0.4 is 9.47 Å². The molecule has 0 saturated heterocycles. The fourth-order valence-corrected chi connectivity index (χ4v) is 4.62. The minimum atomic E-state index is -0.844. The minimum Gasteiger partial charge on any atom is -0.494 e. The van der Waals surface area contributed by atoms with Crippen LogP contribution in [0.3, 0.4) is 0 Å². The highest BCUT2D eigenvalue weighted by Crippen LogP contribution is 2.41. The molecule has 2 aromatic carbocycles. The summed E-state index contributed by atoms with van der Waals surface area (Å²) in [5.74, 6) is 0.332. The van der Waals surface area contributed by atoms with E-state index in [2.05, 4.69) is 38.9 Å². The van der Waals surface area contributed by atoms with Gasteiger partial charge in [0.25, 0.3) is 0 Å². The number of carboxylic acid groups (broad SMARTS) is 1. The predicted molar refractivity (Wildman–Crippen MR) is 144 cm³/mol. The SMILES string of the molecule is C[C@H](CCOc1ccc(-c2nc3c(OC4(C)CC4)ncnc3n2Cc2cccc(Br)c2)c(Cl)c1)C(=O)O. The Bertz CT molecular complexity index is 1470. The van der Waals surface area contributed by atoms with Crippen molar-refractivity contribution in [2.45, 2.75) is 45.3 Å². The second kappa shape index (κ2) is 10.3. The average Bonchev–Trinajstić information content (AvgIpc) is 3.47. The summed E-state index contributed by atoms with van der Waals surface area (Å²) >= 11 is 10.3. The van der Waals surface area contributed by atoms with Gasteiger partial charge in [-0.1, -0.05) is 46.6 Å². The van der Waals surface area contributed by atoms with Gasteiger partial charge in [0.2, 0.25) is 5.88 Å². The Labute approximate surface area is 227 Å². The standard InChI is InChI=1S/C27H26BrClN4O4/c1-16(26(34)35)8-11-36-19-6-7-20(21(29)13-19)23-32-22-24(30-15-31-25(22)37-27(2)9-10-27)33(23)14-17-4-3-5-18(28)12-17/h3-7,12-13,15-16H,8-11,14H2,1-2H3,(H,34,35)/t16-/m1/s1. The Morgan fingerprint density at radius 1 is 1.24 bits per heavy atom. The summed E-state index contributed by atoms with van der Waals surface area (Å²) in [4.78, 5) is 24.9. The normalized spacial score (nSPS) is 14.9. The average molecular weight is 586 g/mol. The number of carbonyl (C=O) groups is 1. The third-order valence-electron chi connectivity index (χ3n) is 6.45. The highest BCUT2D eigenvalue weighted by Gasteiger charge is 2.41. The van der Waals surface area contributed by atoms with Gasteiger partial charge >= 0.3 is 5.97 Å². The number of ether oxygens (including phenoxy) is 2. The Morgan fingerprint density at radius 2 is 2.05 bits per heavy atom. The summed E-state index contributed by atoms with van der Waals surface area (Å²) in [7, 11) is 0. The minimum absolute atomic E-state index is 0.218. The van der Waals surface area contributed by atoms with Crippen molar-refractivity contribution < 1.29 is 19.4 Å². The van der Waals surface area contributed by atoms with Crippen LogP contribution in [0.15, 0.2) is 53.3 Å². The van der Waals surface area contributed by atoms with Gasteiger partial charge in [0.05, 0.1) is 24.1 Å². The van der Waals surface area contributed by atoms with Gasteiger partial charge in [-0.05, 0) is 62.1 Å². The number of hydrogen-bond acceptors (Lipinski definition) is 6. The molecule has 0 bridgehead atoms. The van der Waals surface area contributed by atoms with Crippen molar-refractivity contribution in [2.24, 2.45) is 5.92 Å². The molecule has 2 heterocycles. The lowest BCUT2D eigenvalue weighted by molar-refractivity contribution is -0.141. The predicted octanol–water partition coefficient (Wildman–Crippen LogP) is 6.38. The van der Waals surface area contributed by atoms with E-state index in [-0.39, 0.29) is 12.2 Å². The van der Waals surface area contributed by atoms with Gasteiger partial charge in [-0.25, -0.2) is 9.97 Å². The zero-order chi connectivity index (χ0) is 26.2. The number of aliphatic carboxylic acids is 1. The number of fused-ring (bicyclic) bond motifs is 1. The molecule has 2 aromatic heterocycles. The third kappa shape index (κ3) is 5.72. The van der Waals surface area contributed by atoms with E-state index in [1.165, 1.54) is 6.33 Å². The summed E-state index contributed by atoms with van der Waals surface area (Å²) in [5.41, 5.74) is 2.80. The molecule has 10 heteroatoms. The molecule has 4 aromatic rings. The van der Waals surface area contributed by atoms with E-state index in [4.69, 9.17) is 31.2 Å². The maximum absolute atomic E-state index is 11.0. The molecule has 1 aliphatic rings.